The molecule has 1 amide bonds. The Morgan fingerprint density at radius 1 is 1.30 bits per heavy atom. The van der Waals surface area contributed by atoms with Crippen LogP contribution in [0, 0.1) is 12.8 Å². The van der Waals surface area contributed by atoms with Crippen molar-refractivity contribution in [2.75, 3.05) is 18.5 Å². The van der Waals surface area contributed by atoms with E-state index in [1.807, 2.05) is 25.1 Å². The van der Waals surface area contributed by atoms with E-state index in [1.54, 1.807) is 0 Å². The molecule has 6 nitrogen and oxygen atoms in total. The van der Waals surface area contributed by atoms with E-state index in [-0.39, 0.29) is 19.1 Å². The Morgan fingerprint density at radius 2 is 2.09 bits per heavy atom. The third-order valence-corrected chi connectivity index (χ3v) is 3.62. The fourth-order valence-corrected chi connectivity index (χ4v) is 2.56. The Kier molecular flexibility index (Phi) is 5.87. The van der Waals surface area contributed by atoms with Gasteiger partial charge in [0.25, 0.3) is 0 Å². The number of aryl methyl sites for hydroxylation is 1. The summed E-state index contributed by atoms with van der Waals surface area (Å²) in [5, 5.41) is 15.8. The summed E-state index contributed by atoms with van der Waals surface area (Å²) in [5.74, 6) is 0.882. The number of hydrogen-bond donors (Lipinski definition) is 3. The number of anilines is 1. The molecule has 2 rings (SSSR count). The van der Waals surface area contributed by atoms with Crippen LogP contribution >= 0.6 is 0 Å². The second-order valence-electron chi connectivity index (χ2n) is 6.03. The van der Waals surface area contributed by atoms with Gasteiger partial charge in [-0.05, 0) is 30.9 Å². The second-order valence-corrected chi connectivity index (χ2v) is 6.03. The number of nitrogens with zero attached hydrogens (tertiary/aromatic N) is 2. The molecule has 0 unspecified atom stereocenters. The Labute approximate surface area is 136 Å². The quantitative estimate of drug-likeness (QED) is 0.726. The summed E-state index contributed by atoms with van der Waals surface area (Å²) in [6.45, 7) is 6.31. The number of rotatable bonds is 7. The summed E-state index contributed by atoms with van der Waals surface area (Å²) < 4.78 is 0. The average molecular weight is 316 g/mol. The molecule has 1 aromatic carbocycles. The number of fused-ring (bicyclic) bond motifs is 1. The lowest BCUT2D eigenvalue weighted by molar-refractivity contribution is -0.122. The standard InChI is InChI=1S/C17H24N4O2/c1-11(2)9-14(17(23)18-7-8-22)21-16-15-12(3)5-4-6-13(15)19-10-20-16/h4-6,10-11,14,22H,7-9H2,1-3H3,(H,18,23)(H,19,20,21)/t14-/m0/s1. The molecule has 1 atom stereocenters. The smallest absolute Gasteiger partial charge is 0.242 e. The number of hydrogen-bond acceptors (Lipinski definition) is 5. The van der Waals surface area contributed by atoms with E-state index in [0.29, 0.717) is 18.2 Å². The highest BCUT2D eigenvalue weighted by atomic mass is 16.3. The van der Waals surface area contributed by atoms with Crippen molar-refractivity contribution in [3.8, 4) is 0 Å². The van der Waals surface area contributed by atoms with Crippen LogP contribution in [0.5, 0.6) is 0 Å². The molecule has 0 bridgehead atoms. The number of aromatic nitrogens is 2. The third-order valence-electron chi connectivity index (χ3n) is 3.62. The van der Waals surface area contributed by atoms with Gasteiger partial charge in [0.2, 0.25) is 5.91 Å². The first-order chi connectivity index (χ1) is 11.0. The summed E-state index contributed by atoms with van der Waals surface area (Å²) in [7, 11) is 0. The monoisotopic (exact) mass is 316 g/mol. The molecule has 23 heavy (non-hydrogen) atoms. The van der Waals surface area contributed by atoms with Gasteiger partial charge in [-0.3, -0.25) is 4.79 Å². The molecule has 0 spiro atoms. The normalized spacial score (nSPS) is 12.4. The van der Waals surface area contributed by atoms with E-state index in [2.05, 4.69) is 34.4 Å². The third kappa shape index (κ3) is 4.39. The first-order valence-corrected chi connectivity index (χ1v) is 7.88. The number of carbonyl (C=O) groups is 1. The SMILES string of the molecule is Cc1cccc2ncnc(N[C@@H](CC(C)C)C(=O)NCCO)c12. The van der Waals surface area contributed by atoms with Crippen molar-refractivity contribution in [2.24, 2.45) is 5.92 Å². The molecule has 0 aliphatic heterocycles. The van der Waals surface area contributed by atoms with Crippen molar-refractivity contribution >= 4 is 22.6 Å². The zero-order chi connectivity index (χ0) is 16.8. The van der Waals surface area contributed by atoms with Crippen molar-refractivity contribution in [2.45, 2.75) is 33.2 Å². The van der Waals surface area contributed by atoms with Crippen molar-refractivity contribution in [1.29, 1.82) is 0 Å². The average Bonchev–Trinajstić information content (AvgIpc) is 2.52. The van der Waals surface area contributed by atoms with Gasteiger partial charge < -0.3 is 15.7 Å². The zero-order valence-corrected chi connectivity index (χ0v) is 13.8. The fraction of sp³-hybridized carbons (Fsp3) is 0.471. The van der Waals surface area contributed by atoms with Crippen LogP contribution in [-0.2, 0) is 4.79 Å². The molecule has 1 heterocycles. The molecular weight excluding hydrogens is 292 g/mol. The Bertz CT molecular complexity index is 667. The highest BCUT2D eigenvalue weighted by molar-refractivity contribution is 5.94. The van der Waals surface area contributed by atoms with E-state index < -0.39 is 6.04 Å². The molecule has 0 aliphatic rings. The topological polar surface area (TPSA) is 87.1 Å². The van der Waals surface area contributed by atoms with Crippen LogP contribution in [0.4, 0.5) is 5.82 Å². The minimum Gasteiger partial charge on any atom is -0.395 e. The summed E-state index contributed by atoms with van der Waals surface area (Å²) >= 11 is 0. The van der Waals surface area contributed by atoms with Gasteiger partial charge >= 0.3 is 0 Å². The lowest BCUT2D eigenvalue weighted by atomic mass is 10.0. The maximum Gasteiger partial charge on any atom is 0.242 e. The van der Waals surface area contributed by atoms with Gasteiger partial charge in [-0.25, -0.2) is 9.97 Å². The molecule has 0 fully saturated rings. The maximum absolute atomic E-state index is 12.3. The largest absolute Gasteiger partial charge is 0.395 e. The van der Waals surface area contributed by atoms with E-state index in [4.69, 9.17) is 5.11 Å². The number of amides is 1. The Hall–Kier alpha value is -2.21. The summed E-state index contributed by atoms with van der Waals surface area (Å²) in [5.41, 5.74) is 1.91. The van der Waals surface area contributed by atoms with Crippen LogP contribution in [0.2, 0.25) is 0 Å². The molecule has 1 aromatic heterocycles. The first kappa shape index (κ1) is 17.1. The van der Waals surface area contributed by atoms with E-state index in [0.717, 1.165) is 16.5 Å². The fourth-order valence-electron chi connectivity index (χ4n) is 2.56. The van der Waals surface area contributed by atoms with Crippen LogP contribution in [0.15, 0.2) is 24.5 Å². The second kappa shape index (κ2) is 7.87. The van der Waals surface area contributed by atoms with Crippen LogP contribution < -0.4 is 10.6 Å². The van der Waals surface area contributed by atoms with Gasteiger partial charge in [0.15, 0.2) is 0 Å². The summed E-state index contributed by atoms with van der Waals surface area (Å²) in [6, 6.07) is 5.48. The van der Waals surface area contributed by atoms with Crippen LogP contribution in [0.3, 0.4) is 0 Å². The van der Waals surface area contributed by atoms with Crippen molar-refractivity contribution in [3.05, 3.63) is 30.1 Å². The molecule has 0 saturated heterocycles. The van der Waals surface area contributed by atoms with Gasteiger partial charge in [-0.2, -0.15) is 0 Å². The maximum atomic E-state index is 12.3. The minimum atomic E-state index is -0.403. The predicted octanol–water partition coefficient (Wildman–Crippen LogP) is 1.87. The number of aliphatic hydroxyl groups excluding tert-OH is 1. The van der Waals surface area contributed by atoms with Crippen molar-refractivity contribution in [1.82, 2.24) is 15.3 Å². The minimum absolute atomic E-state index is 0.0737. The molecule has 3 N–H and O–H groups in total. The molecule has 0 aliphatic carbocycles. The molecule has 2 aromatic rings. The van der Waals surface area contributed by atoms with Crippen LogP contribution in [0.1, 0.15) is 25.8 Å². The van der Waals surface area contributed by atoms with Gasteiger partial charge in [0.05, 0.1) is 12.1 Å². The zero-order valence-electron chi connectivity index (χ0n) is 13.8. The van der Waals surface area contributed by atoms with E-state index in [1.165, 1.54) is 6.33 Å². The number of carbonyl (C=O) groups excluding carboxylic acids is 1. The molecule has 0 radical (unpaired) electrons. The highest BCUT2D eigenvalue weighted by Gasteiger charge is 2.21. The van der Waals surface area contributed by atoms with E-state index >= 15 is 0 Å². The summed E-state index contributed by atoms with van der Waals surface area (Å²) in [4.78, 5) is 20.9. The Balaban J connectivity index is 2.30. The van der Waals surface area contributed by atoms with E-state index in [9.17, 15) is 4.79 Å². The summed E-state index contributed by atoms with van der Waals surface area (Å²) in [6.07, 6.45) is 2.18. The Morgan fingerprint density at radius 3 is 2.78 bits per heavy atom. The number of nitrogens with one attached hydrogen (secondary N) is 2. The molecule has 0 saturated carbocycles. The van der Waals surface area contributed by atoms with Crippen LogP contribution in [-0.4, -0.2) is 40.2 Å². The highest BCUT2D eigenvalue weighted by Crippen LogP contribution is 2.24. The lowest BCUT2D eigenvalue weighted by Crippen LogP contribution is -2.41. The van der Waals surface area contributed by atoms with Crippen molar-refractivity contribution < 1.29 is 9.90 Å². The van der Waals surface area contributed by atoms with Gasteiger partial charge in [-0.15, -0.1) is 0 Å². The van der Waals surface area contributed by atoms with Gasteiger partial charge in [-0.1, -0.05) is 26.0 Å². The molecule has 124 valence electrons. The molecular formula is C17H24N4O2. The first-order valence-electron chi connectivity index (χ1n) is 7.88. The van der Waals surface area contributed by atoms with Crippen molar-refractivity contribution in [3.63, 3.8) is 0 Å². The number of aliphatic hydroxyl groups is 1. The van der Waals surface area contributed by atoms with Gasteiger partial charge in [0, 0.05) is 11.9 Å². The van der Waals surface area contributed by atoms with Gasteiger partial charge in [0.1, 0.15) is 18.2 Å². The molecule has 6 heteroatoms. The predicted molar refractivity (Wildman–Crippen MR) is 91.2 cm³/mol. The lowest BCUT2D eigenvalue weighted by Gasteiger charge is -2.21. The van der Waals surface area contributed by atoms with Crippen LogP contribution in [0.25, 0.3) is 10.9 Å². The number of benzene rings is 1.